The third-order valence-corrected chi connectivity index (χ3v) is 6.21. The number of carbonyl (C=O) groups excluding carboxylic acids is 1. The van der Waals surface area contributed by atoms with Crippen LogP contribution < -0.4 is 15.4 Å². The van der Waals surface area contributed by atoms with E-state index in [4.69, 9.17) is 9.47 Å². The first-order valence-electron chi connectivity index (χ1n) is 10.9. The van der Waals surface area contributed by atoms with Crippen LogP contribution in [0, 0.1) is 6.92 Å². The highest BCUT2D eigenvalue weighted by atomic mass is 32.1. The molecule has 8 nitrogen and oxygen atoms in total. The van der Waals surface area contributed by atoms with Crippen molar-refractivity contribution in [3.8, 4) is 16.3 Å². The maximum absolute atomic E-state index is 13.1. The average molecular weight is 508 g/mol. The summed E-state index contributed by atoms with van der Waals surface area (Å²) < 4.78 is 49.8. The van der Waals surface area contributed by atoms with Gasteiger partial charge < -0.3 is 20.1 Å². The Balaban J connectivity index is 1.52. The van der Waals surface area contributed by atoms with Gasteiger partial charge in [-0.3, -0.25) is 4.79 Å². The van der Waals surface area contributed by atoms with Crippen LogP contribution in [0.15, 0.2) is 36.8 Å². The average Bonchev–Trinajstić information content (AvgIpc) is 3.29. The number of morpholine rings is 1. The number of amides is 1. The van der Waals surface area contributed by atoms with Crippen molar-refractivity contribution in [2.24, 2.45) is 0 Å². The molecule has 0 radical (unpaired) electrons. The van der Waals surface area contributed by atoms with E-state index in [1.165, 1.54) is 11.3 Å². The molecule has 2 unspecified atom stereocenters. The summed E-state index contributed by atoms with van der Waals surface area (Å²) in [4.78, 5) is 25.2. The molecule has 3 aromatic rings. The minimum absolute atomic E-state index is 0.105. The summed E-state index contributed by atoms with van der Waals surface area (Å²) in [6.07, 6.45) is -0.868. The molecule has 1 aromatic carbocycles. The van der Waals surface area contributed by atoms with E-state index in [0.717, 1.165) is 34.4 Å². The van der Waals surface area contributed by atoms with Crippen LogP contribution in [0.5, 0.6) is 5.75 Å². The summed E-state index contributed by atoms with van der Waals surface area (Å²) in [6, 6.07) is 4.51. The van der Waals surface area contributed by atoms with Crippen molar-refractivity contribution in [3.63, 3.8) is 0 Å². The van der Waals surface area contributed by atoms with Gasteiger partial charge >= 0.3 is 6.18 Å². The lowest BCUT2D eigenvalue weighted by atomic mass is 10.1. The fourth-order valence-electron chi connectivity index (χ4n) is 3.41. The van der Waals surface area contributed by atoms with Crippen LogP contribution in [0.1, 0.15) is 39.6 Å². The number of nitrogens with zero attached hydrogens (tertiary/aromatic N) is 3. The fourth-order valence-corrected chi connectivity index (χ4v) is 4.16. The number of hydrogen-bond donors (Lipinski definition) is 2. The summed E-state index contributed by atoms with van der Waals surface area (Å²) in [6.45, 7) is 5.96. The number of thiazole rings is 1. The monoisotopic (exact) mass is 507 g/mol. The second-order valence-corrected chi connectivity index (χ2v) is 9.30. The number of aryl methyl sites for hydroxylation is 1. The quantitative estimate of drug-likeness (QED) is 0.502. The van der Waals surface area contributed by atoms with Gasteiger partial charge in [0.15, 0.2) is 0 Å². The van der Waals surface area contributed by atoms with Crippen molar-refractivity contribution in [2.75, 3.05) is 26.3 Å². The Morgan fingerprint density at radius 3 is 2.66 bits per heavy atom. The first kappa shape index (κ1) is 25.0. The molecule has 186 valence electrons. The first-order chi connectivity index (χ1) is 16.7. The zero-order valence-corrected chi connectivity index (χ0v) is 19.9. The lowest BCUT2D eigenvalue weighted by molar-refractivity contribution is -0.145. The van der Waals surface area contributed by atoms with Crippen LogP contribution in [0.4, 0.5) is 13.2 Å². The van der Waals surface area contributed by atoms with Gasteiger partial charge in [-0.15, -0.1) is 11.3 Å². The van der Waals surface area contributed by atoms with E-state index in [1.807, 2.05) is 13.0 Å². The van der Waals surface area contributed by atoms with Crippen LogP contribution in [-0.2, 0) is 10.9 Å². The number of nitrogens with one attached hydrogen (secondary N) is 2. The Morgan fingerprint density at radius 2 is 2.03 bits per heavy atom. The molecule has 2 aromatic heterocycles. The number of aromatic nitrogens is 3. The summed E-state index contributed by atoms with van der Waals surface area (Å²) in [5, 5.41) is 6.76. The van der Waals surface area contributed by atoms with E-state index in [2.05, 4.69) is 25.6 Å². The van der Waals surface area contributed by atoms with E-state index in [9.17, 15) is 18.0 Å². The largest absolute Gasteiger partial charge is 0.491 e. The zero-order valence-electron chi connectivity index (χ0n) is 19.1. The lowest BCUT2D eigenvalue weighted by Crippen LogP contribution is -2.41. The van der Waals surface area contributed by atoms with E-state index in [0.29, 0.717) is 36.6 Å². The molecule has 0 aliphatic carbocycles. The zero-order chi connectivity index (χ0) is 25.0. The van der Waals surface area contributed by atoms with Crippen molar-refractivity contribution in [1.29, 1.82) is 0 Å². The van der Waals surface area contributed by atoms with Crippen LogP contribution in [0.3, 0.4) is 0 Å². The summed E-state index contributed by atoms with van der Waals surface area (Å²) in [5.41, 5.74) is 1.39. The first-order valence-corrected chi connectivity index (χ1v) is 11.7. The van der Waals surface area contributed by atoms with Crippen LogP contribution in [-0.4, -0.2) is 53.3 Å². The van der Waals surface area contributed by atoms with E-state index in [-0.39, 0.29) is 6.10 Å². The molecule has 1 fully saturated rings. The topological polar surface area (TPSA) is 98.3 Å². The van der Waals surface area contributed by atoms with E-state index < -0.39 is 23.9 Å². The summed E-state index contributed by atoms with van der Waals surface area (Å²) >= 11 is 1.49. The normalized spacial score (nSPS) is 17.1. The Labute approximate surface area is 203 Å². The molecular weight excluding hydrogens is 483 g/mol. The minimum atomic E-state index is -4.63. The van der Waals surface area contributed by atoms with Gasteiger partial charge in [0.1, 0.15) is 23.5 Å². The number of rotatable bonds is 7. The highest BCUT2D eigenvalue weighted by molar-refractivity contribution is 7.14. The van der Waals surface area contributed by atoms with Crippen LogP contribution in [0.25, 0.3) is 10.6 Å². The molecule has 1 amide bonds. The van der Waals surface area contributed by atoms with Crippen molar-refractivity contribution in [3.05, 3.63) is 58.6 Å². The number of ether oxygens (including phenoxy) is 2. The molecule has 2 N–H and O–H groups in total. The minimum Gasteiger partial charge on any atom is -0.491 e. The van der Waals surface area contributed by atoms with E-state index >= 15 is 0 Å². The molecule has 12 heteroatoms. The van der Waals surface area contributed by atoms with Crippen molar-refractivity contribution in [1.82, 2.24) is 25.6 Å². The SMILES string of the molecule is Cc1cnc(-c2cc(OCC3CNCCO3)cc(C(=O)NC(C)c3cnc(C(F)(F)F)nc3)c2)s1. The molecule has 1 saturated heterocycles. The molecule has 1 aliphatic rings. The second kappa shape index (κ2) is 10.7. The highest BCUT2D eigenvalue weighted by Gasteiger charge is 2.34. The van der Waals surface area contributed by atoms with Gasteiger partial charge in [-0.1, -0.05) is 0 Å². The molecule has 0 spiro atoms. The van der Waals surface area contributed by atoms with E-state index in [1.54, 1.807) is 25.3 Å². The third-order valence-electron chi connectivity index (χ3n) is 5.25. The van der Waals surface area contributed by atoms with Gasteiger partial charge in [0.2, 0.25) is 5.82 Å². The molecule has 0 saturated carbocycles. The van der Waals surface area contributed by atoms with Gasteiger partial charge in [-0.25, -0.2) is 15.0 Å². The standard InChI is InChI=1S/C23H24F3N5O3S/c1-13-8-28-21(35-13)16-5-15(6-18(7-16)34-12-19-11-27-3-4-33-19)20(32)31-14(2)17-9-29-22(30-10-17)23(24,25)26/h5-10,14,19,27H,3-4,11-12H2,1-2H3,(H,31,32). The molecule has 1 aliphatic heterocycles. The van der Waals surface area contributed by atoms with Crippen LogP contribution in [0.2, 0.25) is 0 Å². The Bertz CT molecular complexity index is 1160. The second-order valence-electron chi connectivity index (χ2n) is 8.06. The molecule has 3 heterocycles. The molecular formula is C23H24F3N5O3S. The third kappa shape index (κ3) is 6.53. The molecule has 0 bridgehead atoms. The van der Waals surface area contributed by atoms with Gasteiger partial charge in [-0.05, 0) is 32.0 Å². The smallest absolute Gasteiger partial charge is 0.451 e. The summed E-state index contributed by atoms with van der Waals surface area (Å²) in [7, 11) is 0. The van der Waals surface area contributed by atoms with Crippen molar-refractivity contribution < 1.29 is 27.4 Å². The lowest BCUT2D eigenvalue weighted by Gasteiger charge is -2.23. The van der Waals surface area contributed by atoms with Gasteiger partial charge in [0, 0.05) is 53.2 Å². The Hall–Kier alpha value is -3.09. The number of halogens is 3. The predicted octanol–water partition coefficient (Wildman–Crippen LogP) is 3.79. The highest BCUT2D eigenvalue weighted by Crippen LogP contribution is 2.30. The number of hydrogen-bond acceptors (Lipinski definition) is 8. The fraction of sp³-hybridized carbons (Fsp3) is 0.391. The summed E-state index contributed by atoms with van der Waals surface area (Å²) in [5.74, 6) is -1.17. The molecule has 2 atom stereocenters. The maximum Gasteiger partial charge on any atom is 0.451 e. The van der Waals surface area contributed by atoms with Gasteiger partial charge in [0.05, 0.1) is 12.6 Å². The number of carbonyl (C=O) groups is 1. The maximum atomic E-state index is 13.1. The molecule has 35 heavy (non-hydrogen) atoms. The van der Waals surface area contributed by atoms with Crippen LogP contribution >= 0.6 is 11.3 Å². The van der Waals surface area contributed by atoms with Crippen molar-refractivity contribution >= 4 is 17.2 Å². The number of alkyl halides is 3. The van der Waals surface area contributed by atoms with Gasteiger partial charge in [0.25, 0.3) is 5.91 Å². The van der Waals surface area contributed by atoms with Crippen molar-refractivity contribution in [2.45, 2.75) is 32.2 Å². The predicted molar refractivity (Wildman–Crippen MR) is 123 cm³/mol. The number of benzene rings is 1. The molecule has 4 rings (SSSR count). The Kier molecular flexibility index (Phi) is 7.63. The Morgan fingerprint density at radius 1 is 1.26 bits per heavy atom. The van der Waals surface area contributed by atoms with Gasteiger partial charge in [-0.2, -0.15) is 13.2 Å².